The number of cyclic esters (lactones) is 2. The monoisotopic (exact) mass is 577 g/mol. The van der Waals surface area contributed by atoms with Gasteiger partial charge in [-0.1, -0.05) is 45.1 Å². The van der Waals surface area contributed by atoms with Crippen LogP contribution in [0.4, 0.5) is 24.1 Å². The maximum Gasteiger partial charge on any atom is 0.414 e. The molecular formula is C28H37F2N3O6Si. The van der Waals surface area contributed by atoms with E-state index in [1.165, 1.54) is 42.2 Å². The zero-order valence-corrected chi connectivity index (χ0v) is 24.7. The van der Waals surface area contributed by atoms with Gasteiger partial charge < -0.3 is 19.2 Å². The van der Waals surface area contributed by atoms with Crippen molar-refractivity contribution in [3.63, 3.8) is 0 Å². The molecule has 0 bridgehead atoms. The maximum absolute atomic E-state index is 15.8. The number of carbonyl (C=O) groups is 3. The van der Waals surface area contributed by atoms with Gasteiger partial charge in [-0.3, -0.25) is 14.6 Å². The SMILES string of the molecule is CC(=O)NC[C@H]1CN(C2(c3ccc(N4C[C@H](CO[Si](C)(C)C(C)(C)C)OC4=O)cc3F)C=CC=CC2F)C(=O)O1. The Hall–Kier alpha value is -3.25. The van der Waals surface area contributed by atoms with Crippen LogP contribution < -0.4 is 10.2 Å². The molecule has 3 aliphatic rings. The normalized spacial score (nSPS) is 26.8. The summed E-state index contributed by atoms with van der Waals surface area (Å²) in [4.78, 5) is 39.3. The maximum atomic E-state index is 15.8. The highest BCUT2D eigenvalue weighted by Gasteiger charge is 2.52. The molecule has 1 aliphatic carbocycles. The van der Waals surface area contributed by atoms with Crippen LogP contribution >= 0.6 is 0 Å². The average Bonchev–Trinajstić information content (AvgIpc) is 3.43. The standard InChI is InChI=1S/C28H37F2N3O6Si/c1-18(34)31-14-20-16-33(26(36)38-20)28(12-8-7-9-24(28)30)22-11-10-19(13-23(22)29)32-15-21(39-25(32)35)17-37-40(5,6)27(2,3)4/h7-13,20-21,24H,14-17H2,1-6H3,(H,31,34)/t20-,21+,24?,28?/m0/s1. The molecule has 2 fully saturated rings. The highest BCUT2D eigenvalue weighted by molar-refractivity contribution is 6.74. The highest BCUT2D eigenvalue weighted by atomic mass is 28.4. The van der Waals surface area contributed by atoms with Crippen LogP contribution in [0, 0.1) is 5.82 Å². The third-order valence-corrected chi connectivity index (χ3v) is 12.6. The van der Waals surface area contributed by atoms with E-state index < -0.39 is 50.2 Å². The Kier molecular flexibility index (Phi) is 8.15. The molecule has 2 heterocycles. The molecule has 218 valence electrons. The molecule has 2 saturated heterocycles. The molecule has 2 aliphatic heterocycles. The molecule has 0 radical (unpaired) electrons. The van der Waals surface area contributed by atoms with Crippen molar-refractivity contribution in [3.8, 4) is 0 Å². The van der Waals surface area contributed by atoms with Gasteiger partial charge in [0.05, 0.1) is 31.9 Å². The minimum atomic E-state index is -2.06. The molecule has 4 rings (SSSR count). The summed E-state index contributed by atoms with van der Waals surface area (Å²) in [5.41, 5.74) is -1.66. The summed E-state index contributed by atoms with van der Waals surface area (Å²) in [6.45, 7) is 12.3. The number of rotatable bonds is 8. The van der Waals surface area contributed by atoms with Crippen LogP contribution in [0.3, 0.4) is 0 Å². The number of amides is 3. The van der Waals surface area contributed by atoms with Gasteiger partial charge in [-0.05, 0) is 36.3 Å². The lowest BCUT2D eigenvalue weighted by Gasteiger charge is -2.41. The summed E-state index contributed by atoms with van der Waals surface area (Å²) in [6, 6.07) is 4.03. The number of anilines is 1. The lowest BCUT2D eigenvalue weighted by Crippen LogP contribution is -2.53. The van der Waals surface area contributed by atoms with Crippen LogP contribution in [0.25, 0.3) is 0 Å². The first-order valence-electron chi connectivity index (χ1n) is 13.3. The van der Waals surface area contributed by atoms with Gasteiger partial charge in [0.25, 0.3) is 0 Å². The van der Waals surface area contributed by atoms with Gasteiger partial charge in [-0.15, -0.1) is 0 Å². The Balaban J connectivity index is 1.56. The Morgan fingerprint density at radius 2 is 1.85 bits per heavy atom. The van der Waals surface area contributed by atoms with Gasteiger partial charge in [-0.2, -0.15) is 0 Å². The van der Waals surface area contributed by atoms with Gasteiger partial charge in [0.1, 0.15) is 29.7 Å². The molecule has 2 unspecified atom stereocenters. The molecule has 9 nitrogen and oxygen atoms in total. The number of nitrogens with zero attached hydrogens (tertiary/aromatic N) is 2. The van der Waals surface area contributed by atoms with E-state index in [-0.39, 0.29) is 48.4 Å². The van der Waals surface area contributed by atoms with Crippen LogP contribution in [-0.2, 0) is 24.2 Å². The molecule has 1 aromatic carbocycles. The zero-order chi connectivity index (χ0) is 29.5. The first-order valence-corrected chi connectivity index (χ1v) is 16.2. The number of benzene rings is 1. The Bertz CT molecular complexity index is 1230. The van der Waals surface area contributed by atoms with Crippen LogP contribution in [0.5, 0.6) is 0 Å². The number of carbonyl (C=O) groups excluding carboxylic acids is 3. The Morgan fingerprint density at radius 3 is 2.48 bits per heavy atom. The second-order valence-electron chi connectivity index (χ2n) is 11.9. The van der Waals surface area contributed by atoms with Crippen molar-refractivity contribution in [1.29, 1.82) is 0 Å². The van der Waals surface area contributed by atoms with Crippen molar-refractivity contribution in [3.05, 3.63) is 53.9 Å². The third-order valence-electron chi connectivity index (χ3n) is 8.07. The number of halogens is 2. The molecule has 0 spiro atoms. The minimum absolute atomic E-state index is 0.00697. The fourth-order valence-corrected chi connectivity index (χ4v) is 5.78. The van der Waals surface area contributed by atoms with E-state index in [4.69, 9.17) is 13.9 Å². The van der Waals surface area contributed by atoms with Gasteiger partial charge in [0, 0.05) is 12.5 Å². The van der Waals surface area contributed by atoms with Crippen molar-refractivity contribution < 1.29 is 37.1 Å². The lowest BCUT2D eigenvalue weighted by atomic mass is 9.80. The quantitative estimate of drug-likeness (QED) is 0.447. The fraction of sp³-hybridized carbons (Fsp3) is 0.536. The van der Waals surface area contributed by atoms with Crippen LogP contribution in [0.1, 0.15) is 33.3 Å². The molecule has 0 saturated carbocycles. The summed E-state index contributed by atoms with van der Waals surface area (Å²) in [6.07, 6.45) is 1.22. The molecule has 0 aromatic heterocycles. The van der Waals surface area contributed by atoms with Crippen LogP contribution in [0.15, 0.2) is 42.5 Å². The van der Waals surface area contributed by atoms with Crippen molar-refractivity contribution in [2.75, 3.05) is 31.1 Å². The summed E-state index contributed by atoms with van der Waals surface area (Å²) >= 11 is 0. The molecule has 1 aromatic rings. The van der Waals surface area contributed by atoms with Gasteiger partial charge >= 0.3 is 12.2 Å². The molecule has 4 atom stereocenters. The molecule has 1 N–H and O–H groups in total. The zero-order valence-electron chi connectivity index (χ0n) is 23.7. The van der Waals surface area contributed by atoms with E-state index >= 15 is 8.78 Å². The molecule has 40 heavy (non-hydrogen) atoms. The van der Waals surface area contributed by atoms with E-state index in [1.807, 2.05) is 0 Å². The van der Waals surface area contributed by atoms with Crippen LogP contribution in [0.2, 0.25) is 18.1 Å². The van der Waals surface area contributed by atoms with Gasteiger partial charge in [0.2, 0.25) is 5.91 Å². The van der Waals surface area contributed by atoms with E-state index in [2.05, 4.69) is 39.2 Å². The largest absolute Gasteiger partial charge is 0.442 e. The van der Waals surface area contributed by atoms with E-state index in [1.54, 1.807) is 6.08 Å². The molecule has 3 amide bonds. The number of nitrogens with one attached hydrogen (secondary N) is 1. The Morgan fingerprint density at radius 1 is 1.15 bits per heavy atom. The number of hydrogen-bond donors (Lipinski definition) is 1. The van der Waals surface area contributed by atoms with Crippen molar-refractivity contribution in [2.24, 2.45) is 0 Å². The molecular weight excluding hydrogens is 540 g/mol. The Labute approximate surface area is 234 Å². The van der Waals surface area contributed by atoms with Crippen molar-refractivity contribution >= 4 is 32.1 Å². The average molecular weight is 578 g/mol. The van der Waals surface area contributed by atoms with Gasteiger partial charge in [-0.25, -0.2) is 18.4 Å². The van der Waals surface area contributed by atoms with Crippen molar-refractivity contribution in [2.45, 2.75) is 69.7 Å². The predicted molar refractivity (Wildman–Crippen MR) is 148 cm³/mol. The van der Waals surface area contributed by atoms with E-state index in [0.29, 0.717) is 0 Å². The summed E-state index contributed by atoms with van der Waals surface area (Å²) < 4.78 is 48.6. The van der Waals surface area contributed by atoms with Gasteiger partial charge in [0.15, 0.2) is 8.32 Å². The smallest absolute Gasteiger partial charge is 0.414 e. The van der Waals surface area contributed by atoms with Crippen LogP contribution in [-0.4, -0.2) is 75.9 Å². The van der Waals surface area contributed by atoms with Crippen molar-refractivity contribution in [1.82, 2.24) is 10.2 Å². The number of allylic oxidation sites excluding steroid dienone is 2. The number of hydrogen-bond acceptors (Lipinski definition) is 6. The second kappa shape index (κ2) is 11.0. The fourth-order valence-electron chi connectivity index (χ4n) is 4.75. The first-order chi connectivity index (χ1) is 18.7. The van der Waals surface area contributed by atoms with E-state index in [0.717, 1.165) is 11.0 Å². The van der Waals surface area contributed by atoms with E-state index in [9.17, 15) is 14.4 Å². The topological polar surface area (TPSA) is 97.4 Å². The first kappa shape index (κ1) is 29.7. The summed E-state index contributed by atoms with van der Waals surface area (Å²) in [5, 5.41) is 2.57. The second-order valence-corrected chi connectivity index (χ2v) is 16.7. The minimum Gasteiger partial charge on any atom is -0.442 e. The lowest BCUT2D eigenvalue weighted by molar-refractivity contribution is -0.119. The molecule has 12 heteroatoms. The number of alkyl halides is 1. The summed E-state index contributed by atoms with van der Waals surface area (Å²) in [7, 11) is -2.06. The summed E-state index contributed by atoms with van der Waals surface area (Å²) in [5.74, 6) is -1.10. The predicted octanol–water partition coefficient (Wildman–Crippen LogP) is 4.79. The highest BCUT2D eigenvalue weighted by Crippen LogP contribution is 2.43. The third kappa shape index (κ3) is 5.64. The number of ether oxygens (including phenoxy) is 2.